The van der Waals surface area contributed by atoms with Crippen LogP contribution in [-0.2, 0) is 9.84 Å². The molecule has 6 nitrogen and oxygen atoms in total. The van der Waals surface area contributed by atoms with Gasteiger partial charge in [-0.2, -0.15) is 0 Å². The average molecular weight is 467 g/mol. The SMILES string of the molecule is COc1ccc(C(=O)NC(C(Cl)(Cl)Cl)S(=O)(=O)c2ccc(C)cc2)cc1OC. The Morgan fingerprint density at radius 1 is 1.00 bits per heavy atom. The van der Waals surface area contributed by atoms with Crippen molar-refractivity contribution in [3.05, 3.63) is 53.6 Å². The molecule has 28 heavy (non-hydrogen) atoms. The Labute approximate surface area is 178 Å². The molecule has 0 radical (unpaired) electrons. The Morgan fingerprint density at radius 3 is 2.07 bits per heavy atom. The molecule has 1 amide bonds. The van der Waals surface area contributed by atoms with Crippen LogP contribution < -0.4 is 14.8 Å². The number of halogens is 3. The van der Waals surface area contributed by atoms with E-state index in [1.54, 1.807) is 12.1 Å². The van der Waals surface area contributed by atoms with Crippen molar-refractivity contribution in [3.63, 3.8) is 0 Å². The number of sulfone groups is 1. The lowest BCUT2D eigenvalue weighted by Gasteiger charge is -2.25. The lowest BCUT2D eigenvalue weighted by molar-refractivity contribution is 0.0948. The van der Waals surface area contributed by atoms with Crippen LogP contribution in [-0.4, -0.2) is 37.7 Å². The van der Waals surface area contributed by atoms with Gasteiger partial charge in [0.05, 0.1) is 19.1 Å². The number of alkyl halides is 3. The summed E-state index contributed by atoms with van der Waals surface area (Å²) in [5.41, 5.74) is 0.967. The summed E-state index contributed by atoms with van der Waals surface area (Å²) in [5.74, 6) is -0.0563. The predicted octanol–water partition coefficient (Wildman–Crippen LogP) is 3.91. The molecular formula is C18H18Cl3NO5S. The fourth-order valence-electron chi connectivity index (χ4n) is 2.38. The van der Waals surface area contributed by atoms with Crippen molar-refractivity contribution in [2.45, 2.75) is 21.0 Å². The van der Waals surface area contributed by atoms with Gasteiger partial charge >= 0.3 is 0 Å². The molecule has 0 spiro atoms. The first-order valence-electron chi connectivity index (χ1n) is 7.91. The summed E-state index contributed by atoms with van der Waals surface area (Å²) in [6, 6.07) is 10.3. The van der Waals surface area contributed by atoms with Gasteiger partial charge in [0.2, 0.25) is 13.6 Å². The van der Waals surface area contributed by atoms with Crippen molar-refractivity contribution in [1.29, 1.82) is 0 Å². The number of methoxy groups -OCH3 is 2. The molecule has 1 unspecified atom stereocenters. The van der Waals surface area contributed by atoms with E-state index >= 15 is 0 Å². The highest BCUT2D eigenvalue weighted by atomic mass is 35.6. The van der Waals surface area contributed by atoms with E-state index in [1.165, 1.54) is 44.6 Å². The Bertz CT molecular complexity index is 956. The summed E-state index contributed by atoms with van der Waals surface area (Å²) in [7, 11) is -1.33. The molecule has 0 aliphatic heterocycles. The zero-order valence-corrected chi connectivity index (χ0v) is 18.3. The van der Waals surface area contributed by atoms with Crippen molar-refractivity contribution >= 4 is 50.5 Å². The standard InChI is InChI=1S/C18H18Cl3NO5S/c1-11-4-7-13(8-5-11)28(24,25)17(18(19,20)21)22-16(23)12-6-9-14(26-2)15(10-12)27-3/h4-10,17H,1-3H3,(H,22,23). The number of benzene rings is 2. The van der Waals surface area contributed by atoms with Crippen molar-refractivity contribution < 1.29 is 22.7 Å². The molecular weight excluding hydrogens is 449 g/mol. The number of amides is 1. The third-order valence-electron chi connectivity index (χ3n) is 3.87. The van der Waals surface area contributed by atoms with Gasteiger partial charge in [-0.1, -0.05) is 52.5 Å². The van der Waals surface area contributed by atoms with Gasteiger partial charge in [-0.05, 0) is 37.3 Å². The van der Waals surface area contributed by atoms with Crippen LogP contribution in [0.4, 0.5) is 0 Å². The van der Waals surface area contributed by atoms with Gasteiger partial charge in [-0.15, -0.1) is 0 Å². The molecule has 0 aliphatic rings. The van der Waals surface area contributed by atoms with Gasteiger partial charge in [0, 0.05) is 5.56 Å². The van der Waals surface area contributed by atoms with E-state index < -0.39 is 24.9 Å². The third-order valence-corrected chi connectivity index (χ3v) is 6.93. The van der Waals surface area contributed by atoms with E-state index in [4.69, 9.17) is 44.3 Å². The van der Waals surface area contributed by atoms with Crippen LogP contribution in [0.15, 0.2) is 47.4 Å². The Kier molecular flexibility index (Phi) is 7.09. The summed E-state index contributed by atoms with van der Waals surface area (Å²) >= 11 is 17.7. The van der Waals surface area contributed by atoms with Crippen molar-refractivity contribution in [2.75, 3.05) is 14.2 Å². The first kappa shape index (κ1) is 22.6. The maximum atomic E-state index is 13.0. The fraction of sp³-hybridized carbons (Fsp3) is 0.278. The molecule has 0 fully saturated rings. The topological polar surface area (TPSA) is 81.7 Å². The molecule has 0 heterocycles. The Morgan fingerprint density at radius 2 is 1.57 bits per heavy atom. The quantitative estimate of drug-likeness (QED) is 0.653. The second-order valence-corrected chi connectivity index (χ2v) is 10.2. The number of ether oxygens (including phenoxy) is 2. The average Bonchev–Trinajstić information content (AvgIpc) is 2.64. The molecule has 0 aliphatic carbocycles. The molecule has 0 bridgehead atoms. The van der Waals surface area contributed by atoms with Crippen LogP contribution in [0, 0.1) is 6.92 Å². The summed E-state index contributed by atoms with van der Waals surface area (Å²) < 4.78 is 33.9. The van der Waals surface area contributed by atoms with E-state index in [0.29, 0.717) is 11.5 Å². The smallest absolute Gasteiger partial charge is 0.252 e. The fourth-order valence-corrected chi connectivity index (χ4v) is 5.00. The zero-order valence-electron chi connectivity index (χ0n) is 15.2. The normalized spacial score (nSPS) is 12.9. The van der Waals surface area contributed by atoms with Crippen molar-refractivity contribution in [2.24, 2.45) is 0 Å². The van der Waals surface area contributed by atoms with Crippen LogP contribution in [0.25, 0.3) is 0 Å². The van der Waals surface area contributed by atoms with Gasteiger partial charge in [-0.25, -0.2) is 8.42 Å². The number of rotatable bonds is 6. The second-order valence-electron chi connectivity index (χ2n) is 5.82. The molecule has 2 rings (SSSR count). The molecule has 1 N–H and O–H groups in total. The Hall–Kier alpha value is -1.67. The summed E-state index contributed by atoms with van der Waals surface area (Å²) in [4.78, 5) is 12.6. The van der Waals surface area contributed by atoms with Crippen molar-refractivity contribution in [1.82, 2.24) is 5.32 Å². The van der Waals surface area contributed by atoms with Crippen LogP contribution in [0.3, 0.4) is 0 Å². The van der Waals surface area contributed by atoms with Gasteiger partial charge in [0.1, 0.15) is 0 Å². The molecule has 1 atom stereocenters. The van der Waals surface area contributed by atoms with Gasteiger partial charge in [0.15, 0.2) is 16.9 Å². The minimum atomic E-state index is -4.19. The number of nitrogens with one attached hydrogen (secondary N) is 1. The highest BCUT2D eigenvalue weighted by Gasteiger charge is 2.44. The number of hydrogen-bond acceptors (Lipinski definition) is 5. The third kappa shape index (κ3) is 5.03. The minimum absolute atomic E-state index is 0.0814. The summed E-state index contributed by atoms with van der Waals surface area (Å²) in [6.45, 7) is 1.81. The molecule has 152 valence electrons. The van der Waals surface area contributed by atoms with Gasteiger partial charge in [-0.3, -0.25) is 4.79 Å². The highest BCUT2D eigenvalue weighted by Crippen LogP contribution is 2.36. The van der Waals surface area contributed by atoms with Crippen LogP contribution in [0.1, 0.15) is 15.9 Å². The van der Waals surface area contributed by atoms with Crippen LogP contribution in [0.5, 0.6) is 11.5 Å². The van der Waals surface area contributed by atoms with Crippen molar-refractivity contribution in [3.8, 4) is 11.5 Å². The van der Waals surface area contributed by atoms with E-state index in [-0.39, 0.29) is 10.5 Å². The number of aryl methyl sites for hydroxylation is 1. The van der Waals surface area contributed by atoms with E-state index in [9.17, 15) is 13.2 Å². The monoisotopic (exact) mass is 465 g/mol. The second kappa shape index (κ2) is 8.78. The molecule has 0 saturated heterocycles. The largest absolute Gasteiger partial charge is 0.493 e. The summed E-state index contributed by atoms with van der Waals surface area (Å²) in [5, 5.41) is 0.485. The highest BCUT2D eigenvalue weighted by molar-refractivity contribution is 7.92. The van der Waals surface area contributed by atoms with Crippen LogP contribution >= 0.6 is 34.8 Å². The first-order valence-corrected chi connectivity index (χ1v) is 10.6. The Balaban J connectivity index is 2.40. The molecule has 2 aromatic rings. The molecule has 0 saturated carbocycles. The molecule has 0 aromatic heterocycles. The number of carbonyl (C=O) groups is 1. The lowest BCUT2D eigenvalue weighted by atomic mass is 10.2. The summed E-state index contributed by atoms with van der Waals surface area (Å²) in [6.07, 6.45) is 0. The van der Waals surface area contributed by atoms with E-state index in [1.807, 2.05) is 6.92 Å². The maximum Gasteiger partial charge on any atom is 0.252 e. The molecule has 10 heteroatoms. The van der Waals surface area contributed by atoms with Crippen LogP contribution in [0.2, 0.25) is 0 Å². The maximum absolute atomic E-state index is 13.0. The lowest BCUT2D eigenvalue weighted by Crippen LogP contribution is -2.49. The first-order chi connectivity index (χ1) is 13.0. The minimum Gasteiger partial charge on any atom is -0.493 e. The predicted molar refractivity (Wildman–Crippen MR) is 109 cm³/mol. The number of carbonyl (C=O) groups excluding carboxylic acids is 1. The van der Waals surface area contributed by atoms with Gasteiger partial charge in [0.25, 0.3) is 5.91 Å². The molecule has 2 aromatic carbocycles. The van der Waals surface area contributed by atoms with E-state index in [0.717, 1.165) is 5.56 Å². The van der Waals surface area contributed by atoms with E-state index in [2.05, 4.69) is 5.32 Å². The number of hydrogen-bond donors (Lipinski definition) is 1. The van der Waals surface area contributed by atoms with Gasteiger partial charge < -0.3 is 14.8 Å². The zero-order chi connectivity index (χ0) is 21.1.